The van der Waals surface area contributed by atoms with Crippen molar-refractivity contribution in [2.45, 2.75) is 57.3 Å². The fraction of sp³-hybridized carbons (Fsp3) is 0.727. The lowest BCUT2D eigenvalue weighted by molar-refractivity contribution is -0.0817. The van der Waals surface area contributed by atoms with Crippen LogP contribution in [-0.2, 0) is 16.0 Å². The summed E-state index contributed by atoms with van der Waals surface area (Å²) < 4.78 is 11.8. The van der Waals surface area contributed by atoms with Crippen LogP contribution in [0.5, 0.6) is 0 Å². The van der Waals surface area contributed by atoms with Crippen molar-refractivity contribution in [3.05, 3.63) is 23.9 Å². The van der Waals surface area contributed by atoms with Gasteiger partial charge in [0.25, 0.3) is 0 Å². The first-order chi connectivity index (χ1) is 14.3. The average Bonchev–Trinajstić information content (AvgIpc) is 3.17. The topological polar surface area (TPSA) is 62.2 Å². The molecule has 1 N–H and O–H groups in total. The minimum absolute atomic E-state index is 0.139. The molecule has 2 unspecified atom stereocenters. The minimum atomic E-state index is 0.139. The Labute approximate surface area is 174 Å². The number of aliphatic imine (C=N–C) groups is 1. The molecule has 1 aromatic heterocycles. The maximum absolute atomic E-state index is 5.98. The number of nitrogens with zero attached hydrogens (tertiary/aromatic N) is 4. The Balaban J connectivity index is 1.34. The number of aromatic nitrogens is 1. The highest BCUT2D eigenvalue weighted by Gasteiger charge is 2.32. The third kappa shape index (κ3) is 5.39. The molecule has 4 heterocycles. The van der Waals surface area contributed by atoms with Crippen molar-refractivity contribution in [2.24, 2.45) is 4.99 Å². The SMILES string of the molecule is CN=C(NCc1ccnc(N2CCCCCC2)c1)N1CCOC(C2CCCO2)C1. The van der Waals surface area contributed by atoms with Gasteiger partial charge in [-0.3, -0.25) is 4.99 Å². The molecular weight excluding hydrogens is 366 g/mol. The van der Waals surface area contributed by atoms with Gasteiger partial charge >= 0.3 is 0 Å². The van der Waals surface area contributed by atoms with E-state index in [4.69, 9.17) is 9.47 Å². The molecule has 160 valence electrons. The van der Waals surface area contributed by atoms with Gasteiger partial charge in [-0.15, -0.1) is 0 Å². The van der Waals surface area contributed by atoms with Gasteiger partial charge in [0.2, 0.25) is 0 Å². The van der Waals surface area contributed by atoms with Gasteiger partial charge in [0.15, 0.2) is 5.96 Å². The van der Waals surface area contributed by atoms with Crippen LogP contribution < -0.4 is 10.2 Å². The predicted octanol–water partition coefficient (Wildman–Crippen LogP) is 2.42. The van der Waals surface area contributed by atoms with Crippen LogP contribution in [-0.4, -0.2) is 74.5 Å². The lowest BCUT2D eigenvalue weighted by Gasteiger charge is -2.37. The molecule has 3 aliphatic heterocycles. The maximum atomic E-state index is 5.98. The van der Waals surface area contributed by atoms with Crippen LogP contribution >= 0.6 is 0 Å². The molecule has 0 bridgehead atoms. The molecule has 29 heavy (non-hydrogen) atoms. The first kappa shape index (κ1) is 20.4. The van der Waals surface area contributed by atoms with Crippen LogP contribution in [0.1, 0.15) is 44.1 Å². The molecule has 0 spiro atoms. The van der Waals surface area contributed by atoms with Crippen molar-refractivity contribution < 1.29 is 9.47 Å². The first-order valence-electron chi connectivity index (χ1n) is 11.2. The van der Waals surface area contributed by atoms with E-state index in [2.05, 4.69) is 37.2 Å². The molecular formula is C22H35N5O2. The molecule has 0 radical (unpaired) electrons. The van der Waals surface area contributed by atoms with Crippen molar-refractivity contribution >= 4 is 11.8 Å². The summed E-state index contributed by atoms with van der Waals surface area (Å²) in [5, 5.41) is 3.54. The summed E-state index contributed by atoms with van der Waals surface area (Å²) in [6.45, 7) is 6.25. The zero-order valence-corrected chi connectivity index (χ0v) is 17.7. The van der Waals surface area contributed by atoms with E-state index in [0.29, 0.717) is 0 Å². The number of anilines is 1. The molecule has 2 atom stereocenters. The third-order valence-corrected chi connectivity index (χ3v) is 6.17. The summed E-state index contributed by atoms with van der Waals surface area (Å²) in [5.41, 5.74) is 1.24. The van der Waals surface area contributed by atoms with E-state index in [1.807, 2.05) is 13.2 Å². The predicted molar refractivity (Wildman–Crippen MR) is 115 cm³/mol. The summed E-state index contributed by atoms with van der Waals surface area (Å²) in [5.74, 6) is 2.04. The summed E-state index contributed by atoms with van der Waals surface area (Å²) in [6, 6.07) is 4.32. The Morgan fingerprint density at radius 2 is 1.93 bits per heavy atom. The zero-order chi connectivity index (χ0) is 19.9. The Morgan fingerprint density at radius 1 is 1.10 bits per heavy atom. The molecule has 0 saturated carbocycles. The summed E-state index contributed by atoms with van der Waals surface area (Å²) in [7, 11) is 1.86. The van der Waals surface area contributed by atoms with Gasteiger partial charge in [-0.25, -0.2) is 4.98 Å². The molecule has 4 rings (SSSR count). The number of guanidine groups is 1. The summed E-state index contributed by atoms with van der Waals surface area (Å²) in [4.78, 5) is 13.9. The van der Waals surface area contributed by atoms with E-state index in [1.54, 1.807) is 0 Å². The zero-order valence-electron chi connectivity index (χ0n) is 17.7. The molecule has 0 amide bonds. The van der Waals surface area contributed by atoms with Crippen molar-refractivity contribution in [2.75, 3.05) is 51.3 Å². The number of ether oxygens (including phenoxy) is 2. The van der Waals surface area contributed by atoms with Crippen LogP contribution in [0.2, 0.25) is 0 Å². The number of nitrogens with one attached hydrogen (secondary N) is 1. The number of hydrogen-bond donors (Lipinski definition) is 1. The van der Waals surface area contributed by atoms with Crippen LogP contribution in [0.3, 0.4) is 0 Å². The Morgan fingerprint density at radius 3 is 2.69 bits per heavy atom. The average molecular weight is 402 g/mol. The largest absolute Gasteiger partial charge is 0.375 e. The molecule has 3 fully saturated rings. The van der Waals surface area contributed by atoms with Crippen molar-refractivity contribution in [3.63, 3.8) is 0 Å². The van der Waals surface area contributed by atoms with Gasteiger partial charge in [-0.1, -0.05) is 12.8 Å². The lowest BCUT2D eigenvalue weighted by atomic mass is 10.1. The molecule has 3 aliphatic rings. The van der Waals surface area contributed by atoms with Crippen LogP contribution in [0.4, 0.5) is 5.82 Å². The van der Waals surface area contributed by atoms with Gasteiger partial charge in [0.1, 0.15) is 11.9 Å². The highest BCUT2D eigenvalue weighted by atomic mass is 16.5. The van der Waals surface area contributed by atoms with Gasteiger partial charge < -0.3 is 24.6 Å². The fourth-order valence-corrected chi connectivity index (χ4v) is 4.55. The van der Waals surface area contributed by atoms with Crippen molar-refractivity contribution in [3.8, 4) is 0 Å². The molecule has 3 saturated heterocycles. The van der Waals surface area contributed by atoms with E-state index in [9.17, 15) is 0 Å². The number of morpholine rings is 1. The second kappa shape index (κ2) is 10.3. The van der Waals surface area contributed by atoms with Gasteiger partial charge in [-0.2, -0.15) is 0 Å². The second-order valence-electron chi connectivity index (χ2n) is 8.23. The van der Waals surface area contributed by atoms with Crippen LogP contribution in [0.15, 0.2) is 23.3 Å². The highest BCUT2D eigenvalue weighted by Crippen LogP contribution is 2.21. The van der Waals surface area contributed by atoms with E-state index in [0.717, 1.165) is 70.6 Å². The summed E-state index contributed by atoms with van der Waals surface area (Å²) in [6.07, 6.45) is 9.73. The first-order valence-corrected chi connectivity index (χ1v) is 11.2. The van der Waals surface area contributed by atoms with Crippen LogP contribution in [0, 0.1) is 0 Å². The van der Waals surface area contributed by atoms with E-state index >= 15 is 0 Å². The smallest absolute Gasteiger partial charge is 0.194 e. The number of rotatable bonds is 4. The quantitative estimate of drug-likeness (QED) is 0.618. The Hall–Kier alpha value is -1.86. The second-order valence-corrected chi connectivity index (χ2v) is 8.23. The van der Waals surface area contributed by atoms with Gasteiger partial charge in [-0.05, 0) is 43.4 Å². The summed E-state index contributed by atoms with van der Waals surface area (Å²) >= 11 is 0. The Kier molecular flexibility index (Phi) is 7.22. The molecule has 1 aromatic rings. The molecule has 0 aliphatic carbocycles. The number of pyridine rings is 1. The highest BCUT2D eigenvalue weighted by molar-refractivity contribution is 5.80. The minimum Gasteiger partial charge on any atom is -0.375 e. The monoisotopic (exact) mass is 401 g/mol. The standard InChI is InChI=1S/C22H35N5O2/c1-23-22(27-12-14-29-20(17-27)19-7-6-13-28-19)25-16-18-8-9-24-21(15-18)26-10-4-2-3-5-11-26/h8-9,15,19-20H,2-7,10-14,16-17H2,1H3,(H,23,25). The lowest BCUT2D eigenvalue weighted by Crippen LogP contribution is -2.53. The normalized spacial score (nSPS) is 26.4. The van der Waals surface area contributed by atoms with Crippen LogP contribution in [0.25, 0.3) is 0 Å². The van der Waals surface area contributed by atoms with E-state index in [-0.39, 0.29) is 12.2 Å². The van der Waals surface area contributed by atoms with Crippen molar-refractivity contribution in [1.82, 2.24) is 15.2 Å². The van der Waals surface area contributed by atoms with E-state index < -0.39 is 0 Å². The number of hydrogen-bond acceptors (Lipinski definition) is 5. The Bertz CT molecular complexity index is 669. The van der Waals surface area contributed by atoms with Gasteiger partial charge in [0.05, 0.1) is 12.7 Å². The molecule has 7 nitrogen and oxygen atoms in total. The maximum Gasteiger partial charge on any atom is 0.194 e. The fourth-order valence-electron chi connectivity index (χ4n) is 4.55. The molecule has 0 aromatic carbocycles. The van der Waals surface area contributed by atoms with Crippen molar-refractivity contribution in [1.29, 1.82) is 0 Å². The molecule has 7 heteroatoms. The third-order valence-electron chi connectivity index (χ3n) is 6.17. The van der Waals surface area contributed by atoms with E-state index in [1.165, 1.54) is 31.2 Å². The van der Waals surface area contributed by atoms with Gasteiger partial charge in [0, 0.05) is 52.6 Å².